The zero-order valence-electron chi connectivity index (χ0n) is 15.6. The fourth-order valence-corrected chi connectivity index (χ4v) is 4.58. The third-order valence-corrected chi connectivity index (χ3v) is 6.30. The van der Waals surface area contributed by atoms with Gasteiger partial charge in [0.15, 0.2) is 5.82 Å². The molecule has 0 saturated carbocycles. The Labute approximate surface area is 173 Å². The van der Waals surface area contributed by atoms with Crippen LogP contribution in [0.25, 0.3) is 0 Å². The summed E-state index contributed by atoms with van der Waals surface area (Å²) >= 11 is 7.51. The predicted molar refractivity (Wildman–Crippen MR) is 116 cm³/mol. The second kappa shape index (κ2) is 8.90. The number of piperazine rings is 1. The molecule has 7 heteroatoms. The Kier molecular flexibility index (Phi) is 6.10. The molecule has 2 aromatic heterocycles. The van der Waals surface area contributed by atoms with Crippen molar-refractivity contribution in [1.29, 1.82) is 0 Å². The number of benzene rings is 1. The van der Waals surface area contributed by atoms with Gasteiger partial charge in [-0.3, -0.25) is 9.69 Å². The maximum absolute atomic E-state index is 12.9. The average molecular weight is 415 g/mol. The summed E-state index contributed by atoms with van der Waals surface area (Å²) in [6.07, 6.45) is 4.52. The first kappa shape index (κ1) is 19.2. The molecule has 0 atom stereocenters. The van der Waals surface area contributed by atoms with Crippen molar-refractivity contribution in [3.63, 3.8) is 0 Å². The van der Waals surface area contributed by atoms with Crippen molar-refractivity contribution in [2.75, 3.05) is 37.6 Å². The number of halogens is 1. The number of nitrogens with zero attached hydrogens (tertiary/aromatic N) is 4. The van der Waals surface area contributed by atoms with Gasteiger partial charge in [-0.05, 0) is 24.1 Å². The summed E-state index contributed by atoms with van der Waals surface area (Å²) in [5.41, 5.74) is 1.33. The van der Waals surface area contributed by atoms with Crippen LogP contribution in [0.2, 0.25) is 4.34 Å². The van der Waals surface area contributed by atoms with E-state index in [1.807, 2.05) is 12.1 Å². The topological polar surface area (TPSA) is 41.4 Å². The highest BCUT2D eigenvalue weighted by molar-refractivity contribution is 7.16. The molecule has 0 N–H and O–H groups in total. The monoisotopic (exact) mass is 414 g/mol. The van der Waals surface area contributed by atoms with Crippen molar-refractivity contribution in [2.45, 2.75) is 13.0 Å². The van der Waals surface area contributed by atoms with E-state index in [0.29, 0.717) is 12.4 Å². The van der Waals surface area contributed by atoms with Crippen molar-refractivity contribution in [1.82, 2.24) is 14.5 Å². The van der Waals surface area contributed by atoms with Gasteiger partial charge in [-0.25, -0.2) is 4.98 Å². The number of rotatable bonds is 6. The van der Waals surface area contributed by atoms with E-state index in [1.165, 1.54) is 16.9 Å². The Morgan fingerprint density at radius 3 is 2.54 bits per heavy atom. The van der Waals surface area contributed by atoms with Crippen molar-refractivity contribution in [3.8, 4) is 0 Å². The Morgan fingerprint density at radius 2 is 1.82 bits per heavy atom. The van der Waals surface area contributed by atoms with Crippen LogP contribution in [0.1, 0.15) is 10.4 Å². The second-order valence-electron chi connectivity index (χ2n) is 6.95. The van der Waals surface area contributed by atoms with Gasteiger partial charge in [0.1, 0.15) is 0 Å². The van der Waals surface area contributed by atoms with Gasteiger partial charge < -0.3 is 9.47 Å². The van der Waals surface area contributed by atoms with Crippen molar-refractivity contribution >= 4 is 28.8 Å². The summed E-state index contributed by atoms with van der Waals surface area (Å²) in [6, 6.07) is 14.4. The number of hydrogen-bond acceptors (Lipinski definition) is 5. The highest BCUT2D eigenvalue weighted by Crippen LogP contribution is 2.22. The molecule has 146 valence electrons. The lowest BCUT2D eigenvalue weighted by molar-refractivity contribution is 0.260. The van der Waals surface area contributed by atoms with Crippen LogP contribution in [0.3, 0.4) is 0 Å². The molecule has 0 unspecified atom stereocenters. The minimum Gasteiger partial charge on any atom is -0.349 e. The summed E-state index contributed by atoms with van der Waals surface area (Å²) in [5.74, 6) is 0.549. The fourth-order valence-electron chi connectivity index (χ4n) is 3.50. The second-order valence-corrected chi connectivity index (χ2v) is 8.75. The SMILES string of the molecule is O=c1c(N2CCN(CCc3ccccc3)CC2)nccn1Cc1ccc(Cl)s1. The first-order chi connectivity index (χ1) is 13.7. The lowest BCUT2D eigenvalue weighted by atomic mass is 10.1. The van der Waals surface area contributed by atoms with Crippen molar-refractivity contribution in [2.24, 2.45) is 0 Å². The molecule has 4 rings (SSSR count). The van der Waals surface area contributed by atoms with E-state index in [9.17, 15) is 4.79 Å². The molecule has 1 aromatic carbocycles. The Morgan fingerprint density at radius 1 is 1.04 bits per heavy atom. The molecule has 28 heavy (non-hydrogen) atoms. The highest BCUT2D eigenvalue weighted by atomic mass is 35.5. The van der Waals surface area contributed by atoms with Gasteiger partial charge in [0.2, 0.25) is 0 Å². The van der Waals surface area contributed by atoms with Crippen LogP contribution in [0.5, 0.6) is 0 Å². The highest BCUT2D eigenvalue weighted by Gasteiger charge is 2.20. The molecule has 0 spiro atoms. The van der Waals surface area contributed by atoms with Crippen LogP contribution < -0.4 is 10.5 Å². The maximum atomic E-state index is 12.9. The van der Waals surface area contributed by atoms with Crippen LogP contribution >= 0.6 is 22.9 Å². The molecular formula is C21H23ClN4OS. The van der Waals surface area contributed by atoms with Gasteiger partial charge in [-0.2, -0.15) is 0 Å². The van der Waals surface area contributed by atoms with Crippen LogP contribution in [0, 0.1) is 0 Å². The molecule has 3 heterocycles. The first-order valence-electron chi connectivity index (χ1n) is 9.50. The fraction of sp³-hybridized carbons (Fsp3) is 0.333. The minimum absolute atomic E-state index is 0.0373. The van der Waals surface area contributed by atoms with E-state index in [4.69, 9.17) is 11.6 Å². The standard InChI is InChI=1S/C21H23ClN4OS/c22-19-7-6-18(28-19)16-26-11-9-23-20(21(26)27)25-14-12-24(13-15-25)10-8-17-4-2-1-3-5-17/h1-7,9,11H,8,10,12-16H2. The van der Waals surface area contributed by atoms with Gasteiger partial charge in [0.25, 0.3) is 5.56 Å². The molecule has 0 aliphatic carbocycles. The van der Waals surface area contributed by atoms with E-state index in [2.05, 4.69) is 45.1 Å². The number of aromatic nitrogens is 2. The van der Waals surface area contributed by atoms with Crippen LogP contribution in [0.15, 0.2) is 59.7 Å². The van der Waals surface area contributed by atoms with Gasteiger partial charge in [-0.1, -0.05) is 41.9 Å². The lowest BCUT2D eigenvalue weighted by Crippen LogP contribution is -2.49. The number of anilines is 1. The van der Waals surface area contributed by atoms with Gasteiger partial charge in [0, 0.05) is 50.0 Å². The van der Waals surface area contributed by atoms with E-state index >= 15 is 0 Å². The Bertz CT molecular complexity index is 964. The summed E-state index contributed by atoms with van der Waals surface area (Å²) < 4.78 is 2.45. The zero-order chi connectivity index (χ0) is 19.3. The average Bonchev–Trinajstić information content (AvgIpc) is 3.14. The van der Waals surface area contributed by atoms with E-state index in [-0.39, 0.29) is 5.56 Å². The van der Waals surface area contributed by atoms with Crippen LogP contribution in [0.4, 0.5) is 5.82 Å². The number of thiophene rings is 1. The molecule has 1 aliphatic heterocycles. The van der Waals surface area contributed by atoms with Crippen LogP contribution in [-0.2, 0) is 13.0 Å². The smallest absolute Gasteiger partial charge is 0.293 e. The molecule has 5 nitrogen and oxygen atoms in total. The largest absolute Gasteiger partial charge is 0.349 e. The molecule has 0 radical (unpaired) electrons. The maximum Gasteiger partial charge on any atom is 0.293 e. The predicted octanol–water partition coefficient (Wildman–Crippen LogP) is 3.37. The molecule has 0 bridgehead atoms. The van der Waals surface area contributed by atoms with Gasteiger partial charge in [-0.15, -0.1) is 11.3 Å². The Balaban J connectivity index is 1.36. The van der Waals surface area contributed by atoms with Gasteiger partial charge >= 0.3 is 0 Å². The Hall–Kier alpha value is -2.15. The quantitative estimate of drug-likeness (QED) is 0.620. The zero-order valence-corrected chi connectivity index (χ0v) is 17.2. The summed E-state index contributed by atoms with van der Waals surface area (Å²) in [4.78, 5) is 22.9. The van der Waals surface area contributed by atoms with E-state index < -0.39 is 0 Å². The minimum atomic E-state index is -0.0373. The molecule has 0 amide bonds. The van der Waals surface area contributed by atoms with Crippen LogP contribution in [-0.4, -0.2) is 47.2 Å². The summed E-state index contributed by atoms with van der Waals surface area (Å²) in [7, 11) is 0. The molecule has 1 fully saturated rings. The summed E-state index contributed by atoms with van der Waals surface area (Å²) in [5, 5.41) is 0. The molecular weight excluding hydrogens is 392 g/mol. The molecule has 1 aliphatic rings. The third-order valence-electron chi connectivity index (χ3n) is 5.08. The van der Waals surface area contributed by atoms with Gasteiger partial charge in [0.05, 0.1) is 10.9 Å². The van der Waals surface area contributed by atoms with Crippen molar-refractivity contribution in [3.05, 3.63) is 80.0 Å². The molecule has 1 saturated heterocycles. The van der Waals surface area contributed by atoms with E-state index in [1.54, 1.807) is 17.0 Å². The van der Waals surface area contributed by atoms with E-state index in [0.717, 1.165) is 48.4 Å². The molecule has 3 aromatic rings. The van der Waals surface area contributed by atoms with Crippen molar-refractivity contribution < 1.29 is 0 Å². The third kappa shape index (κ3) is 4.63. The first-order valence-corrected chi connectivity index (χ1v) is 10.7. The number of hydrogen-bond donors (Lipinski definition) is 0. The lowest BCUT2D eigenvalue weighted by Gasteiger charge is -2.35. The normalized spacial score (nSPS) is 15.1. The summed E-state index contributed by atoms with van der Waals surface area (Å²) in [6.45, 7) is 5.12.